The molecule has 0 aromatic heterocycles. The van der Waals surface area contributed by atoms with Crippen molar-refractivity contribution in [2.24, 2.45) is 5.92 Å². The fourth-order valence-electron chi connectivity index (χ4n) is 3.93. The molecule has 0 saturated carbocycles. The van der Waals surface area contributed by atoms with Gasteiger partial charge in [-0.1, -0.05) is 38.1 Å². The number of methoxy groups -OCH3 is 1. The van der Waals surface area contributed by atoms with Gasteiger partial charge in [-0.05, 0) is 56.0 Å². The van der Waals surface area contributed by atoms with E-state index in [0.717, 1.165) is 11.8 Å². The molecule has 10 heteroatoms. The molecule has 0 aliphatic rings. The maximum atomic E-state index is 13.4. The molecule has 1 atom stereocenters. The maximum Gasteiger partial charge on any atom is 0.242 e. The number of sulfonamides is 1. The number of anilines is 1. The van der Waals surface area contributed by atoms with Crippen molar-refractivity contribution >= 4 is 27.5 Å². The third kappa shape index (κ3) is 9.24. The highest BCUT2D eigenvalue weighted by molar-refractivity contribution is 7.92. The quantitative estimate of drug-likeness (QED) is 0.363. The first kappa shape index (κ1) is 31.0. The molecule has 0 unspecified atom stereocenters. The summed E-state index contributed by atoms with van der Waals surface area (Å²) in [6.07, 6.45) is 1.46. The summed E-state index contributed by atoms with van der Waals surface area (Å²) in [5.41, 5.74) is 1.25. The second-order valence-corrected chi connectivity index (χ2v) is 11.4. The minimum absolute atomic E-state index is 0.0641. The summed E-state index contributed by atoms with van der Waals surface area (Å²) >= 11 is 0. The smallest absolute Gasteiger partial charge is 0.242 e. The number of hydrogen-bond acceptors (Lipinski definition) is 6. The van der Waals surface area contributed by atoms with Crippen LogP contribution in [0.5, 0.6) is 11.5 Å². The second kappa shape index (κ2) is 14.6. The van der Waals surface area contributed by atoms with Crippen molar-refractivity contribution in [2.45, 2.75) is 53.1 Å². The lowest BCUT2D eigenvalue weighted by Crippen LogP contribution is -2.48. The highest BCUT2D eigenvalue weighted by Gasteiger charge is 2.27. The molecule has 9 nitrogen and oxygen atoms in total. The summed E-state index contributed by atoms with van der Waals surface area (Å²) in [7, 11) is -2.06. The predicted octanol–water partition coefficient (Wildman–Crippen LogP) is 3.83. The molecule has 0 aliphatic heterocycles. The number of nitrogens with one attached hydrogen (secondary N) is 1. The third-order valence-electron chi connectivity index (χ3n) is 5.92. The normalized spacial score (nSPS) is 12.1. The minimum Gasteiger partial charge on any atom is -0.497 e. The Labute approximate surface area is 227 Å². The van der Waals surface area contributed by atoms with Crippen LogP contribution in [0.2, 0.25) is 0 Å². The molecule has 0 spiro atoms. The van der Waals surface area contributed by atoms with Gasteiger partial charge in [-0.25, -0.2) is 8.42 Å². The van der Waals surface area contributed by atoms with E-state index in [9.17, 15) is 18.0 Å². The van der Waals surface area contributed by atoms with Crippen LogP contribution >= 0.6 is 0 Å². The summed E-state index contributed by atoms with van der Waals surface area (Å²) in [5.74, 6) is 0.908. The van der Waals surface area contributed by atoms with Crippen LogP contribution in [0.3, 0.4) is 0 Å². The Morgan fingerprint density at radius 3 is 2.39 bits per heavy atom. The van der Waals surface area contributed by atoms with Gasteiger partial charge in [-0.15, -0.1) is 0 Å². The van der Waals surface area contributed by atoms with Crippen molar-refractivity contribution in [1.29, 1.82) is 0 Å². The Balaban J connectivity index is 2.22. The lowest BCUT2D eigenvalue weighted by Gasteiger charge is -2.30. The molecular formula is C28H41N3O6S. The van der Waals surface area contributed by atoms with Crippen molar-refractivity contribution in [3.05, 3.63) is 54.1 Å². The number of para-hydroxylation sites is 2. The monoisotopic (exact) mass is 547 g/mol. The highest BCUT2D eigenvalue weighted by Crippen LogP contribution is 2.30. The maximum absolute atomic E-state index is 13.4. The van der Waals surface area contributed by atoms with Gasteiger partial charge >= 0.3 is 0 Å². The SMILES string of the molecule is CCOc1ccccc1N(CCCC(=O)N(Cc1cccc(OC)c1)[C@@H](C)C(=O)NCC(C)C)S(C)(=O)=O. The Kier molecular flexibility index (Phi) is 11.9. The molecule has 0 bridgehead atoms. The first-order valence-electron chi connectivity index (χ1n) is 12.9. The van der Waals surface area contributed by atoms with Crippen LogP contribution in [0.4, 0.5) is 5.69 Å². The van der Waals surface area contributed by atoms with Gasteiger partial charge in [0.25, 0.3) is 0 Å². The molecule has 0 fully saturated rings. The van der Waals surface area contributed by atoms with Crippen LogP contribution in [-0.2, 0) is 26.2 Å². The van der Waals surface area contributed by atoms with Crippen LogP contribution in [0.15, 0.2) is 48.5 Å². The average molecular weight is 548 g/mol. The van der Waals surface area contributed by atoms with Gasteiger partial charge in [0, 0.05) is 26.1 Å². The largest absolute Gasteiger partial charge is 0.497 e. The van der Waals surface area contributed by atoms with E-state index in [1.165, 1.54) is 9.21 Å². The van der Waals surface area contributed by atoms with Gasteiger partial charge in [-0.2, -0.15) is 0 Å². The van der Waals surface area contributed by atoms with Crippen LogP contribution in [0.1, 0.15) is 46.1 Å². The molecule has 2 aromatic carbocycles. The number of nitrogens with zero attached hydrogens (tertiary/aromatic N) is 2. The minimum atomic E-state index is -3.63. The first-order valence-corrected chi connectivity index (χ1v) is 14.7. The second-order valence-electron chi connectivity index (χ2n) is 9.53. The summed E-state index contributed by atoms with van der Waals surface area (Å²) in [4.78, 5) is 27.8. The van der Waals surface area contributed by atoms with Gasteiger partial charge in [0.05, 0.1) is 25.7 Å². The number of carbonyl (C=O) groups is 2. The van der Waals surface area contributed by atoms with E-state index in [2.05, 4.69) is 5.32 Å². The van der Waals surface area contributed by atoms with E-state index >= 15 is 0 Å². The van der Waals surface area contributed by atoms with E-state index in [4.69, 9.17) is 9.47 Å². The van der Waals surface area contributed by atoms with E-state index in [1.54, 1.807) is 38.3 Å². The number of benzene rings is 2. The molecule has 0 heterocycles. The zero-order valence-electron chi connectivity index (χ0n) is 23.3. The Hall–Kier alpha value is -3.27. The Bertz CT molecular complexity index is 1170. The number of hydrogen-bond donors (Lipinski definition) is 1. The number of amides is 2. The Morgan fingerprint density at radius 1 is 1.05 bits per heavy atom. The fraction of sp³-hybridized carbons (Fsp3) is 0.500. The zero-order chi connectivity index (χ0) is 28.3. The predicted molar refractivity (Wildman–Crippen MR) is 150 cm³/mol. The van der Waals surface area contributed by atoms with E-state index in [0.29, 0.717) is 30.3 Å². The molecule has 2 aromatic rings. The van der Waals surface area contributed by atoms with Gasteiger partial charge in [-0.3, -0.25) is 13.9 Å². The number of ether oxygens (including phenoxy) is 2. The van der Waals surface area contributed by atoms with Crippen molar-refractivity contribution in [2.75, 3.05) is 37.4 Å². The van der Waals surface area contributed by atoms with E-state index < -0.39 is 16.1 Å². The first-order chi connectivity index (χ1) is 18.0. The van der Waals surface area contributed by atoms with Gasteiger partial charge in [0.15, 0.2) is 0 Å². The molecule has 38 heavy (non-hydrogen) atoms. The summed E-state index contributed by atoms with van der Waals surface area (Å²) < 4.78 is 37.5. The van der Waals surface area contributed by atoms with Crippen LogP contribution < -0.4 is 19.1 Å². The van der Waals surface area contributed by atoms with Crippen molar-refractivity contribution in [3.63, 3.8) is 0 Å². The zero-order valence-corrected chi connectivity index (χ0v) is 24.1. The summed E-state index contributed by atoms with van der Waals surface area (Å²) in [6, 6.07) is 13.6. The number of carbonyl (C=O) groups excluding carboxylic acids is 2. The molecule has 210 valence electrons. The van der Waals surface area contributed by atoms with Gasteiger partial charge < -0.3 is 19.7 Å². The molecular weight excluding hydrogens is 506 g/mol. The lowest BCUT2D eigenvalue weighted by atomic mass is 10.1. The van der Waals surface area contributed by atoms with Crippen LogP contribution in [0.25, 0.3) is 0 Å². The number of rotatable bonds is 15. The van der Waals surface area contributed by atoms with Crippen molar-refractivity contribution in [1.82, 2.24) is 10.2 Å². The Morgan fingerprint density at radius 2 is 1.76 bits per heavy atom. The van der Waals surface area contributed by atoms with E-state index in [1.807, 2.05) is 45.0 Å². The molecule has 2 amide bonds. The van der Waals surface area contributed by atoms with Gasteiger partial charge in [0.1, 0.15) is 17.5 Å². The van der Waals surface area contributed by atoms with Crippen LogP contribution in [0, 0.1) is 5.92 Å². The third-order valence-corrected chi connectivity index (χ3v) is 7.10. The highest BCUT2D eigenvalue weighted by atomic mass is 32.2. The summed E-state index contributed by atoms with van der Waals surface area (Å²) in [5, 5.41) is 2.90. The van der Waals surface area contributed by atoms with Crippen molar-refractivity contribution < 1.29 is 27.5 Å². The van der Waals surface area contributed by atoms with E-state index in [-0.39, 0.29) is 43.7 Å². The lowest BCUT2D eigenvalue weighted by molar-refractivity contribution is -0.140. The van der Waals surface area contributed by atoms with Crippen molar-refractivity contribution in [3.8, 4) is 11.5 Å². The topological polar surface area (TPSA) is 105 Å². The molecule has 0 aliphatic carbocycles. The fourth-order valence-corrected chi connectivity index (χ4v) is 4.89. The standard InChI is InChI=1S/C28H41N3O6S/c1-7-37-26-15-9-8-14-25(26)31(38(6,34)35)17-11-16-27(32)30(22(4)28(33)29-19-21(2)3)20-23-12-10-13-24(18-23)36-5/h8-10,12-15,18,21-22H,7,11,16-17,19-20H2,1-6H3,(H,29,33)/t22-/m0/s1. The van der Waals surface area contributed by atoms with Crippen LogP contribution in [-0.4, -0.2) is 64.2 Å². The molecule has 1 N–H and O–H groups in total. The molecule has 0 radical (unpaired) electrons. The molecule has 2 rings (SSSR count). The summed E-state index contributed by atoms with van der Waals surface area (Å²) in [6.45, 7) is 8.74. The van der Waals surface area contributed by atoms with Gasteiger partial charge in [0.2, 0.25) is 21.8 Å². The average Bonchev–Trinajstić information content (AvgIpc) is 2.88. The molecule has 0 saturated heterocycles.